The molecule has 0 N–H and O–H groups in total. The average Bonchev–Trinajstić information content (AvgIpc) is 2.94. The smallest absolute Gasteiger partial charge is 0.262 e. The van der Waals surface area contributed by atoms with Gasteiger partial charge in [0, 0.05) is 29.7 Å². The van der Waals surface area contributed by atoms with Crippen molar-refractivity contribution in [1.82, 2.24) is 14.5 Å². The van der Waals surface area contributed by atoms with Gasteiger partial charge in [0.1, 0.15) is 4.83 Å². The number of aryl methyl sites for hydroxylation is 4. The largest absolute Gasteiger partial charge is 0.298 e. The van der Waals surface area contributed by atoms with E-state index in [1.165, 1.54) is 23.3 Å². The molecule has 0 amide bonds. The van der Waals surface area contributed by atoms with Crippen LogP contribution >= 0.6 is 11.3 Å². The second-order valence-corrected chi connectivity index (χ2v) is 6.79. The summed E-state index contributed by atoms with van der Waals surface area (Å²) in [5, 5.41) is 0.864. The highest BCUT2D eigenvalue weighted by atomic mass is 32.1. The van der Waals surface area contributed by atoms with Gasteiger partial charge >= 0.3 is 0 Å². The lowest BCUT2D eigenvalue weighted by atomic mass is 9.97. The molecule has 112 valence electrons. The number of fused-ring (bicyclic) bond motifs is 3. The zero-order valence-corrected chi connectivity index (χ0v) is 13.1. The van der Waals surface area contributed by atoms with Gasteiger partial charge in [-0.2, -0.15) is 0 Å². The number of hydrogen-bond acceptors (Lipinski definition) is 4. The van der Waals surface area contributed by atoms with Gasteiger partial charge in [0.05, 0.1) is 11.7 Å². The van der Waals surface area contributed by atoms with Crippen molar-refractivity contribution in [3.05, 3.63) is 57.2 Å². The number of nitrogens with zero attached hydrogens (tertiary/aromatic N) is 3. The Labute approximate surface area is 132 Å². The van der Waals surface area contributed by atoms with Gasteiger partial charge < -0.3 is 0 Å². The van der Waals surface area contributed by atoms with Gasteiger partial charge in [0.15, 0.2) is 0 Å². The van der Waals surface area contributed by atoms with Crippen LogP contribution in [-0.2, 0) is 25.8 Å². The van der Waals surface area contributed by atoms with E-state index in [1.54, 1.807) is 28.4 Å². The first-order valence-corrected chi connectivity index (χ1v) is 8.54. The molecule has 4 nitrogen and oxygen atoms in total. The van der Waals surface area contributed by atoms with E-state index in [1.807, 2.05) is 18.2 Å². The highest BCUT2D eigenvalue weighted by Gasteiger charge is 2.19. The van der Waals surface area contributed by atoms with E-state index in [2.05, 4.69) is 9.97 Å². The van der Waals surface area contributed by atoms with Crippen LogP contribution in [-0.4, -0.2) is 14.5 Å². The molecule has 4 rings (SSSR count). The third kappa shape index (κ3) is 2.35. The van der Waals surface area contributed by atoms with E-state index < -0.39 is 0 Å². The summed E-state index contributed by atoms with van der Waals surface area (Å²) in [6.07, 6.45) is 8.76. The molecule has 3 heterocycles. The first-order chi connectivity index (χ1) is 10.8. The van der Waals surface area contributed by atoms with Gasteiger partial charge in [0.2, 0.25) is 0 Å². The standard InChI is InChI=1S/C17H17N3OS/c21-17-15-13-6-1-2-7-14(13)22-16(15)19-11-20(17)10-8-12-5-3-4-9-18-12/h3-5,9,11H,1-2,6-8,10H2. The SMILES string of the molecule is O=c1c2c3c(sc2ncn1CCc1ccccn1)CCCC3. The topological polar surface area (TPSA) is 47.8 Å². The van der Waals surface area contributed by atoms with Gasteiger partial charge in [-0.15, -0.1) is 11.3 Å². The lowest BCUT2D eigenvalue weighted by Crippen LogP contribution is -2.22. The fourth-order valence-electron chi connectivity index (χ4n) is 3.12. The molecule has 1 aliphatic carbocycles. The predicted molar refractivity (Wildman–Crippen MR) is 88.5 cm³/mol. The fraction of sp³-hybridized carbons (Fsp3) is 0.353. The van der Waals surface area contributed by atoms with Crippen molar-refractivity contribution in [3.8, 4) is 0 Å². The summed E-state index contributed by atoms with van der Waals surface area (Å²) in [6, 6.07) is 5.87. The third-order valence-corrected chi connectivity index (χ3v) is 5.48. The van der Waals surface area contributed by atoms with E-state index in [9.17, 15) is 4.79 Å². The predicted octanol–water partition coefficient (Wildman–Crippen LogP) is 2.97. The molecule has 5 heteroatoms. The molecule has 3 aromatic heterocycles. The number of pyridine rings is 1. The Kier molecular flexibility index (Phi) is 3.50. The molecule has 0 bridgehead atoms. The van der Waals surface area contributed by atoms with Gasteiger partial charge in [-0.25, -0.2) is 4.98 Å². The van der Waals surface area contributed by atoms with Crippen LogP contribution in [0.15, 0.2) is 35.5 Å². The van der Waals surface area contributed by atoms with Gasteiger partial charge in [-0.1, -0.05) is 6.07 Å². The molecule has 1 aliphatic rings. The van der Waals surface area contributed by atoms with Crippen LogP contribution in [0.5, 0.6) is 0 Å². The van der Waals surface area contributed by atoms with E-state index in [0.717, 1.165) is 35.2 Å². The zero-order valence-electron chi connectivity index (χ0n) is 12.3. The molecule has 0 radical (unpaired) electrons. The minimum atomic E-state index is 0.111. The van der Waals surface area contributed by atoms with E-state index in [4.69, 9.17) is 0 Å². The Bertz CT molecular complexity index is 867. The molecule has 0 aromatic carbocycles. The molecule has 0 fully saturated rings. The zero-order chi connectivity index (χ0) is 14.9. The molecule has 0 aliphatic heterocycles. The molecular weight excluding hydrogens is 294 g/mol. The number of hydrogen-bond donors (Lipinski definition) is 0. The van der Waals surface area contributed by atoms with Crippen molar-refractivity contribution < 1.29 is 0 Å². The van der Waals surface area contributed by atoms with Crippen molar-refractivity contribution in [1.29, 1.82) is 0 Å². The third-order valence-electron chi connectivity index (χ3n) is 4.28. The van der Waals surface area contributed by atoms with E-state index >= 15 is 0 Å². The van der Waals surface area contributed by atoms with Gasteiger partial charge in [-0.3, -0.25) is 14.3 Å². The summed E-state index contributed by atoms with van der Waals surface area (Å²) >= 11 is 1.70. The Morgan fingerprint density at radius 3 is 2.95 bits per heavy atom. The summed E-state index contributed by atoms with van der Waals surface area (Å²) in [4.78, 5) is 23.9. The molecule has 3 aromatic rings. The molecule has 0 saturated carbocycles. The van der Waals surface area contributed by atoms with Gasteiger partial charge in [-0.05, 0) is 43.4 Å². The summed E-state index contributed by atoms with van der Waals surface area (Å²) in [7, 11) is 0. The quantitative estimate of drug-likeness (QED) is 0.747. The van der Waals surface area contributed by atoms with Crippen molar-refractivity contribution in [2.45, 2.75) is 38.6 Å². The van der Waals surface area contributed by atoms with Crippen LogP contribution in [0.25, 0.3) is 10.2 Å². The summed E-state index contributed by atoms with van der Waals surface area (Å²) in [5.74, 6) is 0. The van der Waals surface area contributed by atoms with Crippen LogP contribution in [0, 0.1) is 0 Å². The lowest BCUT2D eigenvalue weighted by Gasteiger charge is -2.10. The minimum Gasteiger partial charge on any atom is -0.298 e. The molecule has 0 unspecified atom stereocenters. The summed E-state index contributed by atoms with van der Waals surface area (Å²) in [5.41, 5.74) is 2.37. The second kappa shape index (κ2) is 5.65. The average molecular weight is 311 g/mol. The maximum Gasteiger partial charge on any atom is 0.262 e. The van der Waals surface area contributed by atoms with Crippen molar-refractivity contribution in [2.24, 2.45) is 0 Å². The normalized spacial score (nSPS) is 14.2. The van der Waals surface area contributed by atoms with Crippen molar-refractivity contribution in [2.75, 3.05) is 0 Å². The number of rotatable bonds is 3. The van der Waals surface area contributed by atoms with Crippen LogP contribution in [0.3, 0.4) is 0 Å². The summed E-state index contributed by atoms with van der Waals surface area (Å²) in [6.45, 7) is 0.628. The van der Waals surface area contributed by atoms with Crippen molar-refractivity contribution in [3.63, 3.8) is 0 Å². The lowest BCUT2D eigenvalue weighted by molar-refractivity contribution is 0.652. The monoisotopic (exact) mass is 311 g/mol. The van der Waals surface area contributed by atoms with E-state index in [-0.39, 0.29) is 5.56 Å². The first-order valence-electron chi connectivity index (χ1n) is 7.72. The Morgan fingerprint density at radius 2 is 2.09 bits per heavy atom. The second-order valence-electron chi connectivity index (χ2n) is 5.71. The molecule has 0 atom stereocenters. The van der Waals surface area contributed by atoms with Crippen LogP contribution in [0.4, 0.5) is 0 Å². The maximum atomic E-state index is 12.8. The number of thiophene rings is 1. The molecule has 22 heavy (non-hydrogen) atoms. The van der Waals surface area contributed by atoms with Gasteiger partial charge in [0.25, 0.3) is 5.56 Å². The Balaban J connectivity index is 1.70. The highest BCUT2D eigenvalue weighted by molar-refractivity contribution is 7.18. The van der Waals surface area contributed by atoms with Crippen molar-refractivity contribution >= 4 is 21.6 Å². The van der Waals surface area contributed by atoms with E-state index in [0.29, 0.717) is 6.54 Å². The minimum absolute atomic E-state index is 0.111. The highest BCUT2D eigenvalue weighted by Crippen LogP contribution is 2.33. The summed E-state index contributed by atoms with van der Waals surface area (Å²) < 4.78 is 1.73. The van der Waals surface area contributed by atoms with Crippen LogP contribution in [0.2, 0.25) is 0 Å². The molecule has 0 spiro atoms. The molecular formula is C17H17N3OS. The molecule has 0 saturated heterocycles. The maximum absolute atomic E-state index is 12.8. The Morgan fingerprint density at radius 1 is 1.18 bits per heavy atom. The fourth-order valence-corrected chi connectivity index (χ4v) is 4.34. The van der Waals surface area contributed by atoms with Crippen LogP contribution < -0.4 is 5.56 Å². The van der Waals surface area contributed by atoms with Crippen LogP contribution in [0.1, 0.15) is 29.0 Å². The first kappa shape index (κ1) is 13.6. The number of aromatic nitrogens is 3. The Hall–Kier alpha value is -2.01.